The Hall–Kier alpha value is -1.18. The summed E-state index contributed by atoms with van der Waals surface area (Å²) in [6.45, 7) is 2.32. The molecule has 2 aliphatic rings. The second-order valence-electron chi connectivity index (χ2n) is 8.97. The van der Waals surface area contributed by atoms with Gasteiger partial charge in [0, 0.05) is 5.56 Å². The first-order valence-corrected chi connectivity index (χ1v) is 11.3. The van der Waals surface area contributed by atoms with Crippen LogP contribution in [0.5, 0.6) is 0 Å². The standard InChI is InChI=1S/C25H36F2/c1-2-6-19-11-15-21(16-12-19)22-17-13-20(14-18-22)7-3-4-8-23-9-5-10-24(26)25(23)27/h4-5,8-10,19-22H,2-3,6-7,11-18H2,1H3/b8-4+/t19-,20?,21-,22?. The summed E-state index contributed by atoms with van der Waals surface area (Å²) in [6, 6.07) is 4.37. The maximum Gasteiger partial charge on any atom is 0.166 e. The summed E-state index contributed by atoms with van der Waals surface area (Å²) < 4.78 is 26.9. The molecule has 3 rings (SSSR count). The molecule has 1 aromatic rings. The van der Waals surface area contributed by atoms with Gasteiger partial charge in [-0.2, -0.15) is 0 Å². The van der Waals surface area contributed by atoms with Crippen molar-refractivity contribution in [2.75, 3.05) is 0 Å². The minimum Gasteiger partial charge on any atom is -0.204 e. The molecule has 0 saturated heterocycles. The molecule has 27 heavy (non-hydrogen) atoms. The van der Waals surface area contributed by atoms with Crippen LogP contribution in [0.15, 0.2) is 24.3 Å². The van der Waals surface area contributed by atoms with Crippen molar-refractivity contribution < 1.29 is 8.78 Å². The van der Waals surface area contributed by atoms with Crippen LogP contribution in [-0.2, 0) is 0 Å². The molecule has 0 radical (unpaired) electrons. The maximum atomic E-state index is 13.6. The van der Waals surface area contributed by atoms with E-state index in [1.807, 2.05) is 6.08 Å². The number of rotatable bonds is 7. The smallest absolute Gasteiger partial charge is 0.166 e. The SMILES string of the molecule is CCC[C@H]1CC[C@H](C2CCC(CC/C=C/c3cccc(F)c3F)CC2)CC1. The van der Waals surface area contributed by atoms with Gasteiger partial charge in [-0.05, 0) is 68.3 Å². The maximum absolute atomic E-state index is 13.6. The first kappa shape index (κ1) is 20.6. The highest BCUT2D eigenvalue weighted by molar-refractivity contribution is 5.49. The van der Waals surface area contributed by atoms with E-state index in [1.54, 1.807) is 18.2 Å². The predicted molar refractivity (Wildman–Crippen MR) is 110 cm³/mol. The van der Waals surface area contributed by atoms with Gasteiger partial charge in [-0.1, -0.05) is 69.7 Å². The second kappa shape index (κ2) is 10.4. The fraction of sp³-hybridized carbons (Fsp3) is 0.680. The third-order valence-electron chi connectivity index (χ3n) is 7.17. The van der Waals surface area contributed by atoms with Gasteiger partial charge >= 0.3 is 0 Å². The monoisotopic (exact) mass is 374 g/mol. The minimum atomic E-state index is -0.765. The molecule has 0 bridgehead atoms. The van der Waals surface area contributed by atoms with Crippen molar-refractivity contribution >= 4 is 6.08 Å². The molecule has 0 N–H and O–H groups in total. The highest BCUT2D eigenvalue weighted by atomic mass is 19.2. The lowest BCUT2D eigenvalue weighted by Crippen LogP contribution is -2.25. The van der Waals surface area contributed by atoms with Crippen molar-refractivity contribution in [3.05, 3.63) is 41.5 Å². The van der Waals surface area contributed by atoms with Crippen LogP contribution in [0.3, 0.4) is 0 Å². The van der Waals surface area contributed by atoms with E-state index in [9.17, 15) is 8.78 Å². The summed E-state index contributed by atoms with van der Waals surface area (Å²) in [6.07, 6.45) is 20.1. The molecule has 0 unspecified atom stereocenters. The van der Waals surface area contributed by atoms with Crippen molar-refractivity contribution in [2.24, 2.45) is 23.7 Å². The zero-order valence-electron chi connectivity index (χ0n) is 16.9. The summed E-state index contributed by atoms with van der Waals surface area (Å²) in [4.78, 5) is 0. The first-order chi connectivity index (χ1) is 13.2. The molecular formula is C25H36F2. The van der Waals surface area contributed by atoms with E-state index < -0.39 is 11.6 Å². The fourth-order valence-corrected chi connectivity index (χ4v) is 5.50. The highest BCUT2D eigenvalue weighted by Crippen LogP contribution is 2.42. The third-order valence-corrected chi connectivity index (χ3v) is 7.17. The number of allylic oxidation sites excluding steroid dienone is 1. The van der Waals surface area contributed by atoms with Crippen LogP contribution in [0.2, 0.25) is 0 Å². The van der Waals surface area contributed by atoms with Gasteiger partial charge in [0.15, 0.2) is 11.6 Å². The van der Waals surface area contributed by atoms with Gasteiger partial charge in [-0.25, -0.2) is 8.78 Å². The number of halogens is 2. The van der Waals surface area contributed by atoms with Crippen LogP contribution in [0.4, 0.5) is 8.78 Å². The summed E-state index contributed by atoms with van der Waals surface area (Å²) in [7, 11) is 0. The van der Waals surface area contributed by atoms with E-state index in [4.69, 9.17) is 0 Å². The molecule has 2 heteroatoms. The van der Waals surface area contributed by atoms with Crippen LogP contribution in [0, 0.1) is 35.3 Å². The molecule has 0 nitrogen and oxygen atoms in total. The lowest BCUT2D eigenvalue weighted by molar-refractivity contribution is 0.141. The van der Waals surface area contributed by atoms with E-state index >= 15 is 0 Å². The lowest BCUT2D eigenvalue weighted by atomic mass is 9.68. The molecule has 2 aliphatic carbocycles. The van der Waals surface area contributed by atoms with Crippen LogP contribution in [0.1, 0.15) is 89.5 Å². The van der Waals surface area contributed by atoms with Gasteiger partial charge in [0.1, 0.15) is 0 Å². The number of benzene rings is 1. The molecule has 150 valence electrons. The van der Waals surface area contributed by atoms with Gasteiger partial charge in [0.05, 0.1) is 0 Å². The number of hydrogen-bond donors (Lipinski definition) is 0. The van der Waals surface area contributed by atoms with E-state index in [0.29, 0.717) is 5.56 Å². The van der Waals surface area contributed by atoms with E-state index in [2.05, 4.69) is 6.92 Å². The molecule has 0 atom stereocenters. The molecule has 0 aliphatic heterocycles. The average Bonchev–Trinajstić information content (AvgIpc) is 2.70. The van der Waals surface area contributed by atoms with Gasteiger partial charge in [0.25, 0.3) is 0 Å². The lowest BCUT2D eigenvalue weighted by Gasteiger charge is -2.38. The zero-order chi connectivity index (χ0) is 19.1. The Morgan fingerprint density at radius 2 is 1.44 bits per heavy atom. The molecule has 2 fully saturated rings. The van der Waals surface area contributed by atoms with Gasteiger partial charge in [-0.3, -0.25) is 0 Å². The summed E-state index contributed by atoms with van der Waals surface area (Å²) in [5.41, 5.74) is 0.359. The van der Waals surface area contributed by atoms with Crippen LogP contribution < -0.4 is 0 Å². The van der Waals surface area contributed by atoms with E-state index in [-0.39, 0.29) is 0 Å². The van der Waals surface area contributed by atoms with Crippen molar-refractivity contribution in [3.8, 4) is 0 Å². The van der Waals surface area contributed by atoms with Crippen molar-refractivity contribution in [1.29, 1.82) is 0 Å². The van der Waals surface area contributed by atoms with Crippen LogP contribution >= 0.6 is 0 Å². The molecule has 0 aromatic heterocycles. The summed E-state index contributed by atoms with van der Waals surface area (Å²) in [5, 5.41) is 0. The molecule has 2 saturated carbocycles. The number of hydrogen-bond acceptors (Lipinski definition) is 0. The van der Waals surface area contributed by atoms with Crippen molar-refractivity contribution in [2.45, 2.75) is 84.0 Å². The summed E-state index contributed by atoms with van der Waals surface area (Å²) >= 11 is 0. The van der Waals surface area contributed by atoms with Crippen molar-refractivity contribution in [3.63, 3.8) is 0 Å². The van der Waals surface area contributed by atoms with Crippen molar-refractivity contribution in [1.82, 2.24) is 0 Å². The molecule has 0 spiro atoms. The normalized spacial score (nSPS) is 29.3. The van der Waals surface area contributed by atoms with Crippen LogP contribution in [-0.4, -0.2) is 0 Å². The molecule has 0 amide bonds. The molecular weight excluding hydrogens is 338 g/mol. The molecule has 1 aromatic carbocycles. The average molecular weight is 375 g/mol. The highest BCUT2D eigenvalue weighted by Gasteiger charge is 2.30. The van der Waals surface area contributed by atoms with Gasteiger partial charge in [-0.15, -0.1) is 0 Å². The first-order valence-electron chi connectivity index (χ1n) is 11.3. The Bertz CT molecular complexity index is 590. The Morgan fingerprint density at radius 3 is 2.04 bits per heavy atom. The van der Waals surface area contributed by atoms with Gasteiger partial charge < -0.3 is 0 Å². The molecule has 0 heterocycles. The largest absolute Gasteiger partial charge is 0.204 e. The Kier molecular flexibility index (Phi) is 7.91. The Labute approximate surface area is 164 Å². The fourth-order valence-electron chi connectivity index (χ4n) is 5.50. The predicted octanol–water partition coefficient (Wildman–Crippen LogP) is 8.17. The zero-order valence-corrected chi connectivity index (χ0v) is 16.9. The quantitative estimate of drug-likeness (QED) is 0.451. The minimum absolute atomic E-state index is 0.359. The van der Waals surface area contributed by atoms with E-state index in [0.717, 1.165) is 30.1 Å². The van der Waals surface area contributed by atoms with Gasteiger partial charge in [0.2, 0.25) is 0 Å². The Morgan fingerprint density at radius 1 is 0.852 bits per heavy atom. The summed E-state index contributed by atoms with van der Waals surface area (Å²) in [5.74, 6) is 2.30. The van der Waals surface area contributed by atoms with Crippen LogP contribution in [0.25, 0.3) is 6.08 Å². The Balaban J connectivity index is 1.35. The van der Waals surface area contributed by atoms with E-state index in [1.165, 1.54) is 76.7 Å². The topological polar surface area (TPSA) is 0 Å². The third kappa shape index (κ3) is 5.90. The second-order valence-corrected chi connectivity index (χ2v) is 8.97.